The third-order valence-electron chi connectivity index (χ3n) is 5.79. The Kier molecular flexibility index (Phi) is 5.76. The zero-order valence-electron chi connectivity index (χ0n) is 17.9. The predicted octanol–water partition coefficient (Wildman–Crippen LogP) is 7.38. The van der Waals surface area contributed by atoms with Crippen molar-refractivity contribution in [2.45, 2.75) is 27.7 Å². The maximum Gasteiger partial charge on any atom is 0.224 e. The van der Waals surface area contributed by atoms with E-state index in [-0.39, 0.29) is 22.5 Å². The van der Waals surface area contributed by atoms with Gasteiger partial charge in [-0.25, -0.2) is 18.5 Å². The van der Waals surface area contributed by atoms with Gasteiger partial charge in [-0.3, -0.25) is 0 Å². The average Bonchev–Trinajstić information content (AvgIpc) is 2.79. The third kappa shape index (κ3) is 3.35. The fourth-order valence-electron chi connectivity index (χ4n) is 4.01. The molecule has 154 valence electrons. The van der Waals surface area contributed by atoms with E-state index in [2.05, 4.69) is 9.69 Å². The van der Waals surface area contributed by atoms with E-state index in [9.17, 15) is 19.3 Å². The quantitative estimate of drug-likeness (QED) is 0.405. The Morgan fingerprint density at radius 1 is 0.656 bits per heavy atom. The first-order valence-corrected chi connectivity index (χ1v) is 9.53. The SMILES string of the molecule is [C-]#[N+]c1cc(-c2c(C)c(C)c(-c3cc(C#N)c(F)c([N+]#[C-])c3)c(C)c2C)cc(C#N)c1F. The topological polar surface area (TPSA) is 56.3 Å². The van der Waals surface area contributed by atoms with Gasteiger partial charge < -0.3 is 0 Å². The molecule has 3 aromatic carbocycles. The Hall–Kier alpha value is -4.52. The molecule has 3 rings (SSSR count). The van der Waals surface area contributed by atoms with Gasteiger partial charge in [0.1, 0.15) is 23.8 Å². The zero-order chi connectivity index (χ0) is 23.7. The van der Waals surface area contributed by atoms with Crippen molar-refractivity contribution in [1.29, 1.82) is 10.5 Å². The molecule has 0 saturated heterocycles. The van der Waals surface area contributed by atoms with Gasteiger partial charge in [0.25, 0.3) is 0 Å². The van der Waals surface area contributed by atoms with Gasteiger partial charge in [0.15, 0.2) is 0 Å². The largest absolute Gasteiger partial charge is 0.235 e. The molecule has 0 unspecified atom stereocenters. The number of hydrogen-bond acceptors (Lipinski definition) is 2. The summed E-state index contributed by atoms with van der Waals surface area (Å²) in [6.07, 6.45) is 0. The lowest BCUT2D eigenvalue weighted by molar-refractivity contribution is 0.629. The van der Waals surface area contributed by atoms with Crippen molar-refractivity contribution in [3.8, 4) is 34.4 Å². The van der Waals surface area contributed by atoms with Gasteiger partial charge in [0, 0.05) is 0 Å². The summed E-state index contributed by atoms with van der Waals surface area (Å²) in [6.45, 7) is 22.0. The second-order valence-electron chi connectivity index (χ2n) is 7.41. The van der Waals surface area contributed by atoms with Crippen LogP contribution >= 0.6 is 0 Å². The van der Waals surface area contributed by atoms with E-state index in [4.69, 9.17) is 13.1 Å². The molecular weight excluding hydrogens is 406 g/mol. The highest BCUT2D eigenvalue weighted by atomic mass is 19.1. The van der Waals surface area contributed by atoms with E-state index in [1.165, 1.54) is 24.3 Å². The molecule has 0 atom stereocenters. The Morgan fingerprint density at radius 2 is 0.969 bits per heavy atom. The highest BCUT2D eigenvalue weighted by Crippen LogP contribution is 2.42. The minimum Gasteiger partial charge on any atom is -0.235 e. The molecule has 0 aromatic heterocycles. The van der Waals surface area contributed by atoms with Crippen LogP contribution in [0, 0.1) is 75.1 Å². The van der Waals surface area contributed by atoms with Gasteiger partial charge in [-0.1, -0.05) is 0 Å². The van der Waals surface area contributed by atoms with E-state index in [1.807, 2.05) is 27.7 Å². The summed E-state index contributed by atoms with van der Waals surface area (Å²) in [4.78, 5) is 6.42. The summed E-state index contributed by atoms with van der Waals surface area (Å²) < 4.78 is 28.5. The molecule has 0 spiro atoms. The first-order chi connectivity index (χ1) is 15.2. The summed E-state index contributed by atoms with van der Waals surface area (Å²) in [5.41, 5.74) is 5.15. The summed E-state index contributed by atoms with van der Waals surface area (Å²) in [6, 6.07) is 9.33. The number of nitrogens with zero attached hydrogens (tertiary/aromatic N) is 4. The fraction of sp³-hybridized carbons (Fsp3) is 0.154. The van der Waals surface area contributed by atoms with E-state index in [0.717, 1.165) is 33.4 Å². The predicted molar refractivity (Wildman–Crippen MR) is 118 cm³/mol. The lowest BCUT2D eigenvalue weighted by atomic mass is 9.82. The van der Waals surface area contributed by atoms with E-state index < -0.39 is 11.6 Å². The Bertz CT molecular complexity index is 1260. The maximum atomic E-state index is 14.3. The number of rotatable bonds is 2. The van der Waals surface area contributed by atoms with Crippen molar-refractivity contribution in [2.24, 2.45) is 0 Å². The lowest BCUT2D eigenvalue weighted by Gasteiger charge is -2.22. The third-order valence-corrected chi connectivity index (χ3v) is 5.79. The molecule has 0 radical (unpaired) electrons. The second kappa shape index (κ2) is 8.31. The van der Waals surface area contributed by atoms with E-state index in [1.54, 1.807) is 12.1 Å². The molecule has 32 heavy (non-hydrogen) atoms. The highest BCUT2D eigenvalue weighted by Gasteiger charge is 2.21. The fourth-order valence-corrected chi connectivity index (χ4v) is 4.01. The van der Waals surface area contributed by atoms with Crippen molar-refractivity contribution >= 4 is 11.4 Å². The number of halogens is 2. The molecule has 0 aliphatic heterocycles. The van der Waals surface area contributed by atoms with Gasteiger partial charge in [-0.05, 0) is 96.5 Å². The van der Waals surface area contributed by atoms with Crippen LogP contribution in [0.5, 0.6) is 0 Å². The molecule has 0 bridgehead atoms. The van der Waals surface area contributed by atoms with Gasteiger partial charge in [0.2, 0.25) is 11.4 Å². The normalized spacial score (nSPS) is 10.1. The first kappa shape index (κ1) is 22.2. The van der Waals surface area contributed by atoms with E-state index >= 15 is 0 Å². The van der Waals surface area contributed by atoms with Gasteiger partial charge in [0.05, 0.1) is 24.3 Å². The molecule has 4 nitrogen and oxygen atoms in total. The molecule has 0 aliphatic carbocycles. The van der Waals surface area contributed by atoms with Crippen LogP contribution in [0.25, 0.3) is 31.9 Å². The molecule has 0 saturated carbocycles. The first-order valence-electron chi connectivity index (χ1n) is 9.53. The Balaban J connectivity index is 2.39. The van der Waals surface area contributed by atoms with Crippen molar-refractivity contribution < 1.29 is 8.78 Å². The monoisotopic (exact) mass is 422 g/mol. The summed E-state index contributed by atoms with van der Waals surface area (Å²) in [7, 11) is 0. The van der Waals surface area contributed by atoms with Crippen LogP contribution in [-0.2, 0) is 0 Å². The number of hydrogen-bond donors (Lipinski definition) is 0. The number of nitriles is 2. The van der Waals surface area contributed by atoms with Gasteiger partial charge in [-0.15, -0.1) is 0 Å². The summed E-state index contributed by atoms with van der Waals surface area (Å²) in [5.74, 6) is -1.68. The zero-order valence-corrected chi connectivity index (χ0v) is 17.9. The van der Waals surface area contributed by atoms with Crippen LogP contribution in [-0.4, -0.2) is 0 Å². The van der Waals surface area contributed by atoms with Crippen molar-refractivity contribution in [2.75, 3.05) is 0 Å². The molecular formula is C26H16F2N4. The van der Waals surface area contributed by atoms with Crippen LogP contribution in [0.15, 0.2) is 24.3 Å². The second-order valence-corrected chi connectivity index (χ2v) is 7.41. The Morgan fingerprint density at radius 3 is 1.22 bits per heavy atom. The van der Waals surface area contributed by atoms with Crippen LogP contribution in [0.2, 0.25) is 0 Å². The molecule has 3 aromatic rings. The van der Waals surface area contributed by atoms with Crippen LogP contribution in [0.1, 0.15) is 33.4 Å². The minimum absolute atomic E-state index is 0.203. The highest BCUT2D eigenvalue weighted by molar-refractivity contribution is 5.85. The van der Waals surface area contributed by atoms with Crippen LogP contribution in [0.3, 0.4) is 0 Å². The van der Waals surface area contributed by atoms with Crippen molar-refractivity contribution in [3.63, 3.8) is 0 Å². The lowest BCUT2D eigenvalue weighted by Crippen LogP contribution is -2.01. The minimum atomic E-state index is -0.839. The van der Waals surface area contributed by atoms with Gasteiger partial charge in [-0.2, -0.15) is 10.5 Å². The summed E-state index contributed by atoms with van der Waals surface area (Å²) >= 11 is 0. The van der Waals surface area contributed by atoms with E-state index in [0.29, 0.717) is 11.1 Å². The molecule has 0 heterocycles. The van der Waals surface area contributed by atoms with Crippen LogP contribution < -0.4 is 0 Å². The standard InChI is InChI=1S/C26H16F2N4/c1-13-14(2)24(18-8-20(12-30)26(28)22(10-18)32-6)16(4)15(3)23(13)17-7-19(11-29)25(27)21(9-17)31-5/h7-10H,1-4H3. The van der Waals surface area contributed by atoms with Gasteiger partial charge >= 0.3 is 0 Å². The molecule has 0 amide bonds. The Labute approximate surface area is 185 Å². The molecule has 0 N–H and O–H groups in total. The maximum absolute atomic E-state index is 14.3. The smallest absolute Gasteiger partial charge is 0.224 e. The molecule has 0 fully saturated rings. The van der Waals surface area contributed by atoms with Crippen molar-refractivity contribution in [1.82, 2.24) is 0 Å². The molecule has 0 aliphatic rings. The molecule has 6 heteroatoms. The van der Waals surface area contributed by atoms with Crippen molar-refractivity contribution in [3.05, 3.63) is 92.1 Å². The average molecular weight is 422 g/mol. The summed E-state index contributed by atoms with van der Waals surface area (Å²) in [5, 5.41) is 18.6. The number of benzene rings is 3. The van der Waals surface area contributed by atoms with Crippen LogP contribution in [0.4, 0.5) is 20.2 Å².